The van der Waals surface area contributed by atoms with Crippen LogP contribution in [0.3, 0.4) is 0 Å². The third-order valence-corrected chi connectivity index (χ3v) is 8.91. The molecule has 1 aromatic heterocycles. The first-order valence-electron chi connectivity index (χ1n) is 12.2. The van der Waals surface area contributed by atoms with E-state index in [2.05, 4.69) is 22.8 Å². The van der Waals surface area contributed by atoms with Crippen molar-refractivity contribution in [3.05, 3.63) is 57.6 Å². The standard InChI is InChI=1S/C26H27FN4O4S/c27-19-20(28)18-22-24(21(19)29-9-10-36-17-11-30-16-6-2-1-5-14(16)17)35-13-26(7-3-4-8-26)31(22)12-15(23(18)32)25(33)34/h1-2,5-6,12,17,29-30H,3-4,7-11,13,28H2,(H,33,34). The molecule has 1 fully saturated rings. The van der Waals surface area contributed by atoms with Crippen molar-refractivity contribution in [3.63, 3.8) is 0 Å². The van der Waals surface area contributed by atoms with Crippen molar-refractivity contribution in [2.45, 2.75) is 36.5 Å². The number of nitrogen functional groups attached to an aromatic ring is 1. The fourth-order valence-corrected chi connectivity index (χ4v) is 6.94. The number of hydrogen-bond donors (Lipinski definition) is 4. The van der Waals surface area contributed by atoms with Crippen molar-refractivity contribution in [3.8, 4) is 5.75 Å². The number of aromatic carboxylic acids is 1. The molecule has 1 spiro atoms. The molecule has 1 atom stereocenters. The molecule has 0 amide bonds. The Kier molecular flexibility index (Phi) is 5.51. The predicted molar refractivity (Wildman–Crippen MR) is 140 cm³/mol. The summed E-state index contributed by atoms with van der Waals surface area (Å²) in [6.45, 7) is 1.59. The van der Waals surface area contributed by atoms with Gasteiger partial charge in [-0.1, -0.05) is 31.0 Å². The zero-order valence-corrected chi connectivity index (χ0v) is 20.4. The second kappa shape index (κ2) is 8.62. The number of carbonyl (C=O) groups is 1. The predicted octanol–water partition coefficient (Wildman–Crippen LogP) is 4.39. The van der Waals surface area contributed by atoms with Crippen molar-refractivity contribution in [1.29, 1.82) is 0 Å². The molecule has 5 N–H and O–H groups in total. The van der Waals surface area contributed by atoms with E-state index in [1.807, 2.05) is 16.7 Å². The van der Waals surface area contributed by atoms with E-state index < -0.39 is 28.3 Å². The van der Waals surface area contributed by atoms with Gasteiger partial charge in [-0.2, -0.15) is 11.8 Å². The molecule has 2 aliphatic heterocycles. The Balaban J connectivity index is 1.36. The minimum atomic E-state index is -1.35. The third kappa shape index (κ3) is 3.42. The average Bonchev–Trinajstić information content (AvgIpc) is 3.51. The molecule has 1 aliphatic carbocycles. The Morgan fingerprint density at radius 3 is 2.89 bits per heavy atom. The number of nitrogens with one attached hydrogen (secondary N) is 2. The SMILES string of the molecule is Nc1c(F)c(NCCSC2CNc3ccccc32)c2c3c1c(=O)c(C(=O)O)cn3C1(CCCC1)CO2. The number of para-hydroxylation sites is 1. The Hall–Kier alpha value is -3.40. The van der Waals surface area contributed by atoms with Gasteiger partial charge in [0, 0.05) is 36.0 Å². The molecule has 3 aromatic rings. The average molecular weight is 511 g/mol. The largest absolute Gasteiger partial charge is 0.487 e. The van der Waals surface area contributed by atoms with Crippen LogP contribution in [0.4, 0.5) is 21.5 Å². The lowest BCUT2D eigenvalue weighted by atomic mass is 9.93. The van der Waals surface area contributed by atoms with Gasteiger partial charge in [0.2, 0.25) is 5.43 Å². The lowest BCUT2D eigenvalue weighted by molar-refractivity contribution is 0.0692. The zero-order chi connectivity index (χ0) is 25.0. The molecule has 0 saturated heterocycles. The van der Waals surface area contributed by atoms with Crippen LogP contribution in [0, 0.1) is 5.82 Å². The summed E-state index contributed by atoms with van der Waals surface area (Å²) in [6.07, 6.45) is 4.90. The summed E-state index contributed by atoms with van der Waals surface area (Å²) in [7, 11) is 0. The Bertz CT molecular complexity index is 1450. The molecular weight excluding hydrogens is 483 g/mol. The Morgan fingerprint density at radius 2 is 2.11 bits per heavy atom. The van der Waals surface area contributed by atoms with Crippen molar-refractivity contribution in [1.82, 2.24) is 4.57 Å². The third-order valence-electron chi connectivity index (χ3n) is 7.64. The maximum atomic E-state index is 15.6. The van der Waals surface area contributed by atoms with Crippen LogP contribution in [0.25, 0.3) is 10.9 Å². The number of carboxylic acid groups (broad SMARTS) is 1. The minimum absolute atomic E-state index is 0.120. The van der Waals surface area contributed by atoms with Crippen molar-refractivity contribution < 1.29 is 19.0 Å². The maximum Gasteiger partial charge on any atom is 0.341 e. The van der Waals surface area contributed by atoms with Gasteiger partial charge in [-0.05, 0) is 24.5 Å². The minimum Gasteiger partial charge on any atom is -0.487 e. The molecule has 6 rings (SSSR count). The molecule has 2 aromatic carbocycles. The number of carboxylic acids is 1. The highest BCUT2D eigenvalue weighted by Crippen LogP contribution is 2.49. The zero-order valence-electron chi connectivity index (χ0n) is 19.6. The Morgan fingerprint density at radius 1 is 1.33 bits per heavy atom. The number of fused-ring (bicyclic) bond motifs is 2. The van der Waals surface area contributed by atoms with E-state index in [0.29, 0.717) is 23.1 Å². The second-order valence-electron chi connectivity index (χ2n) is 9.68. The number of anilines is 3. The number of benzene rings is 2. The fraction of sp³-hybridized carbons (Fsp3) is 0.385. The van der Waals surface area contributed by atoms with Gasteiger partial charge in [0.15, 0.2) is 11.6 Å². The highest BCUT2D eigenvalue weighted by Gasteiger charge is 2.43. The quantitative estimate of drug-likeness (QED) is 0.285. The van der Waals surface area contributed by atoms with Crippen molar-refractivity contribution >= 4 is 45.7 Å². The summed E-state index contributed by atoms with van der Waals surface area (Å²) in [5.41, 5.74) is 7.05. The molecule has 36 heavy (non-hydrogen) atoms. The monoisotopic (exact) mass is 510 g/mol. The lowest BCUT2D eigenvalue weighted by Gasteiger charge is -2.39. The van der Waals surface area contributed by atoms with Gasteiger partial charge < -0.3 is 30.8 Å². The number of nitrogens with zero attached hydrogens (tertiary/aromatic N) is 1. The van der Waals surface area contributed by atoms with E-state index in [4.69, 9.17) is 10.5 Å². The number of aromatic nitrogens is 1. The lowest BCUT2D eigenvalue weighted by Crippen LogP contribution is -2.42. The number of hydrogen-bond acceptors (Lipinski definition) is 7. The molecule has 3 heterocycles. The van der Waals surface area contributed by atoms with Crippen LogP contribution in [-0.2, 0) is 5.54 Å². The highest BCUT2D eigenvalue weighted by atomic mass is 32.2. The summed E-state index contributed by atoms with van der Waals surface area (Å²) in [5, 5.41) is 16.4. The summed E-state index contributed by atoms with van der Waals surface area (Å²) in [4.78, 5) is 24.9. The van der Waals surface area contributed by atoms with Crippen molar-refractivity contribution in [2.75, 3.05) is 41.8 Å². The van der Waals surface area contributed by atoms with E-state index in [9.17, 15) is 14.7 Å². The smallest absolute Gasteiger partial charge is 0.341 e. The van der Waals surface area contributed by atoms with Crippen LogP contribution in [0.2, 0.25) is 0 Å². The molecule has 10 heteroatoms. The fourth-order valence-electron chi connectivity index (χ4n) is 5.85. The van der Waals surface area contributed by atoms with Crippen LogP contribution in [0.1, 0.15) is 46.9 Å². The molecule has 0 radical (unpaired) electrons. The number of ether oxygens (including phenoxy) is 1. The molecular formula is C26H27FN4O4S. The number of pyridine rings is 1. The summed E-state index contributed by atoms with van der Waals surface area (Å²) < 4.78 is 23.5. The van der Waals surface area contributed by atoms with Crippen LogP contribution >= 0.6 is 11.8 Å². The van der Waals surface area contributed by atoms with Gasteiger partial charge in [-0.25, -0.2) is 9.18 Å². The maximum absolute atomic E-state index is 15.6. The topological polar surface area (TPSA) is 119 Å². The van der Waals surface area contributed by atoms with E-state index >= 15 is 4.39 Å². The molecule has 8 nitrogen and oxygen atoms in total. The molecule has 1 unspecified atom stereocenters. The molecule has 1 saturated carbocycles. The van der Waals surface area contributed by atoms with Gasteiger partial charge >= 0.3 is 5.97 Å². The van der Waals surface area contributed by atoms with E-state index in [0.717, 1.165) is 37.9 Å². The molecule has 3 aliphatic rings. The van der Waals surface area contributed by atoms with Gasteiger partial charge in [-0.15, -0.1) is 0 Å². The van der Waals surface area contributed by atoms with Gasteiger partial charge in [-0.3, -0.25) is 4.79 Å². The summed E-state index contributed by atoms with van der Waals surface area (Å²) in [5.74, 6) is -1.20. The van der Waals surface area contributed by atoms with Crippen LogP contribution < -0.4 is 26.5 Å². The summed E-state index contributed by atoms with van der Waals surface area (Å²) in [6, 6.07) is 8.22. The van der Waals surface area contributed by atoms with E-state index in [-0.39, 0.29) is 29.1 Å². The van der Waals surface area contributed by atoms with Gasteiger partial charge in [0.1, 0.15) is 17.9 Å². The first kappa shape index (κ1) is 23.0. The molecule has 0 bridgehead atoms. The number of halogens is 1. The second-order valence-corrected chi connectivity index (χ2v) is 11.0. The summed E-state index contributed by atoms with van der Waals surface area (Å²) >= 11 is 1.77. The van der Waals surface area contributed by atoms with Crippen LogP contribution in [0.5, 0.6) is 5.75 Å². The highest BCUT2D eigenvalue weighted by molar-refractivity contribution is 7.99. The van der Waals surface area contributed by atoms with Crippen LogP contribution in [0.15, 0.2) is 35.3 Å². The van der Waals surface area contributed by atoms with Crippen molar-refractivity contribution in [2.24, 2.45) is 0 Å². The Labute approximate surface area is 211 Å². The first-order valence-corrected chi connectivity index (χ1v) is 13.2. The molecule has 188 valence electrons. The number of rotatable bonds is 6. The van der Waals surface area contributed by atoms with E-state index in [1.165, 1.54) is 11.8 Å². The number of nitrogens with two attached hydrogens (primary N) is 1. The number of thioether (sulfide) groups is 1. The van der Waals surface area contributed by atoms with E-state index in [1.54, 1.807) is 11.8 Å². The first-order chi connectivity index (χ1) is 17.4. The van der Waals surface area contributed by atoms with Crippen LogP contribution in [-0.4, -0.2) is 41.1 Å². The van der Waals surface area contributed by atoms with Gasteiger partial charge in [0.25, 0.3) is 0 Å². The normalized spacial score (nSPS) is 19.2. The van der Waals surface area contributed by atoms with Gasteiger partial charge in [0.05, 0.1) is 22.1 Å².